The normalized spacial score (nSPS) is 14.0. The van der Waals surface area contributed by atoms with Gasteiger partial charge in [0.25, 0.3) is 5.91 Å². The fraction of sp³-hybridized carbons (Fsp3) is 0.0556. The summed E-state index contributed by atoms with van der Waals surface area (Å²) in [4.78, 5) is 20.0. The number of rotatable bonds is 3. The number of benzene rings is 2. The van der Waals surface area contributed by atoms with Gasteiger partial charge in [-0.15, -0.1) is 8.78 Å². The number of hydrogen-bond acceptors (Lipinski definition) is 5. The van der Waals surface area contributed by atoms with Crippen molar-refractivity contribution in [1.29, 1.82) is 0 Å². The third kappa shape index (κ3) is 3.20. The summed E-state index contributed by atoms with van der Waals surface area (Å²) in [6, 6.07) is 7.27. The zero-order chi connectivity index (χ0) is 19.9. The number of hydrogen-bond donors (Lipinski definition) is 1. The van der Waals surface area contributed by atoms with E-state index in [1.807, 2.05) is 0 Å². The lowest BCUT2D eigenvalue weighted by Crippen LogP contribution is -2.26. The number of anilines is 1. The van der Waals surface area contributed by atoms with Gasteiger partial charge in [-0.2, -0.15) is 0 Å². The van der Waals surface area contributed by atoms with E-state index in [0.717, 1.165) is 24.4 Å². The lowest BCUT2D eigenvalue weighted by Gasteiger charge is -2.08. The number of amides is 1. The standard InChI is InChI=1S/C18H9F4N3O3/c19-10-4-2-5-11(20)15(10)17(26)25-14-8-23-12(7-24-14)9-3-1-6-13-16(9)28-18(21,22)27-13/h1-8H,(H,24,25,26). The molecule has 2 aromatic carbocycles. The SMILES string of the molecule is O=C(Nc1cnc(-c2cccc3c2OC(F)(F)O3)cn1)c1c(F)cccc1F. The maximum absolute atomic E-state index is 13.7. The van der Waals surface area contributed by atoms with Crippen LogP contribution in [0.25, 0.3) is 11.3 Å². The summed E-state index contributed by atoms with van der Waals surface area (Å²) in [5.74, 6) is -3.55. The Morgan fingerprint density at radius 1 is 0.964 bits per heavy atom. The number of alkyl halides is 2. The van der Waals surface area contributed by atoms with E-state index in [1.54, 1.807) is 0 Å². The van der Waals surface area contributed by atoms with Crippen molar-refractivity contribution in [2.45, 2.75) is 6.29 Å². The number of carbonyl (C=O) groups is 1. The number of carbonyl (C=O) groups excluding carboxylic acids is 1. The molecule has 3 aromatic rings. The second kappa shape index (κ2) is 6.48. The van der Waals surface area contributed by atoms with E-state index in [9.17, 15) is 22.4 Å². The van der Waals surface area contributed by atoms with E-state index in [1.165, 1.54) is 24.4 Å². The van der Waals surface area contributed by atoms with Crippen LogP contribution in [0.15, 0.2) is 48.8 Å². The van der Waals surface area contributed by atoms with Gasteiger partial charge in [0.05, 0.1) is 18.1 Å². The Morgan fingerprint density at radius 2 is 1.68 bits per heavy atom. The molecule has 1 aliphatic rings. The predicted octanol–water partition coefficient (Wildman–Crippen LogP) is 4.00. The molecule has 142 valence electrons. The summed E-state index contributed by atoms with van der Waals surface area (Å²) in [6.45, 7) is 0. The van der Waals surface area contributed by atoms with Crippen LogP contribution in [-0.4, -0.2) is 22.2 Å². The molecule has 1 N–H and O–H groups in total. The number of para-hydroxylation sites is 1. The first-order valence-corrected chi connectivity index (χ1v) is 7.81. The minimum Gasteiger partial charge on any atom is -0.395 e. The van der Waals surface area contributed by atoms with Crippen molar-refractivity contribution in [3.8, 4) is 22.8 Å². The molecule has 0 fully saturated rings. The Bertz CT molecular complexity index is 1050. The number of nitrogens with zero attached hydrogens (tertiary/aromatic N) is 2. The maximum atomic E-state index is 13.7. The second-order valence-electron chi connectivity index (χ2n) is 5.64. The first kappa shape index (κ1) is 17.7. The molecule has 0 aliphatic carbocycles. The van der Waals surface area contributed by atoms with Gasteiger partial charge in [-0.1, -0.05) is 12.1 Å². The Balaban J connectivity index is 1.58. The summed E-state index contributed by atoms with van der Waals surface area (Å²) in [7, 11) is 0. The van der Waals surface area contributed by atoms with Crippen molar-refractivity contribution in [3.63, 3.8) is 0 Å². The quantitative estimate of drug-likeness (QED) is 0.684. The van der Waals surface area contributed by atoms with E-state index in [4.69, 9.17) is 0 Å². The van der Waals surface area contributed by atoms with Crippen LogP contribution in [0.2, 0.25) is 0 Å². The third-order valence-electron chi connectivity index (χ3n) is 3.79. The minimum atomic E-state index is -3.79. The van der Waals surface area contributed by atoms with Gasteiger partial charge in [-0.05, 0) is 24.3 Å². The molecular weight excluding hydrogens is 382 g/mol. The summed E-state index contributed by atoms with van der Waals surface area (Å²) >= 11 is 0. The van der Waals surface area contributed by atoms with Crippen molar-refractivity contribution in [3.05, 3.63) is 66.0 Å². The topological polar surface area (TPSA) is 73.3 Å². The molecule has 0 saturated heterocycles. The summed E-state index contributed by atoms with van der Waals surface area (Å²) in [6.07, 6.45) is -1.49. The van der Waals surface area contributed by atoms with E-state index < -0.39 is 29.4 Å². The van der Waals surface area contributed by atoms with Crippen LogP contribution in [0.3, 0.4) is 0 Å². The van der Waals surface area contributed by atoms with Gasteiger partial charge in [-0.25, -0.2) is 13.8 Å². The molecule has 10 heteroatoms. The maximum Gasteiger partial charge on any atom is 0.586 e. The molecular formula is C18H9F4N3O3. The molecule has 0 bridgehead atoms. The predicted molar refractivity (Wildman–Crippen MR) is 88.0 cm³/mol. The summed E-state index contributed by atoms with van der Waals surface area (Å²) in [5.41, 5.74) is -0.407. The Kier molecular flexibility index (Phi) is 4.10. The highest BCUT2D eigenvalue weighted by Gasteiger charge is 2.44. The molecule has 1 amide bonds. The number of nitrogens with one attached hydrogen (secondary N) is 1. The van der Waals surface area contributed by atoms with Crippen LogP contribution in [0, 0.1) is 11.6 Å². The van der Waals surface area contributed by atoms with E-state index >= 15 is 0 Å². The minimum absolute atomic E-state index is 0.0912. The molecule has 0 saturated carbocycles. The number of halogens is 4. The van der Waals surface area contributed by atoms with Gasteiger partial charge < -0.3 is 14.8 Å². The van der Waals surface area contributed by atoms with Crippen LogP contribution in [-0.2, 0) is 0 Å². The zero-order valence-corrected chi connectivity index (χ0v) is 13.7. The van der Waals surface area contributed by atoms with Gasteiger partial charge >= 0.3 is 6.29 Å². The first-order valence-electron chi connectivity index (χ1n) is 7.81. The van der Waals surface area contributed by atoms with E-state index in [-0.39, 0.29) is 28.6 Å². The fourth-order valence-electron chi connectivity index (χ4n) is 2.60. The average Bonchev–Trinajstić information content (AvgIpc) is 2.96. The molecule has 0 atom stereocenters. The molecule has 0 unspecified atom stereocenters. The van der Waals surface area contributed by atoms with Crippen molar-refractivity contribution in [1.82, 2.24) is 9.97 Å². The lowest BCUT2D eigenvalue weighted by atomic mass is 10.1. The molecule has 4 rings (SSSR count). The van der Waals surface area contributed by atoms with Crippen LogP contribution < -0.4 is 14.8 Å². The van der Waals surface area contributed by atoms with Crippen LogP contribution in [0.1, 0.15) is 10.4 Å². The lowest BCUT2D eigenvalue weighted by molar-refractivity contribution is -0.286. The molecule has 2 heterocycles. The van der Waals surface area contributed by atoms with Crippen molar-refractivity contribution < 1.29 is 31.8 Å². The number of ether oxygens (including phenoxy) is 2. The summed E-state index contributed by atoms with van der Waals surface area (Å²) < 4.78 is 62.7. The van der Waals surface area contributed by atoms with Gasteiger partial charge in [-0.3, -0.25) is 9.78 Å². The molecule has 1 aliphatic heterocycles. The molecule has 28 heavy (non-hydrogen) atoms. The molecule has 0 radical (unpaired) electrons. The molecule has 0 spiro atoms. The largest absolute Gasteiger partial charge is 0.586 e. The number of aromatic nitrogens is 2. The van der Waals surface area contributed by atoms with Gasteiger partial charge in [0.1, 0.15) is 17.2 Å². The van der Waals surface area contributed by atoms with E-state index in [0.29, 0.717) is 0 Å². The smallest absolute Gasteiger partial charge is 0.395 e. The Labute approximate surface area is 154 Å². The third-order valence-corrected chi connectivity index (χ3v) is 3.79. The van der Waals surface area contributed by atoms with Gasteiger partial charge in [0, 0.05) is 5.56 Å². The average molecular weight is 391 g/mol. The number of fused-ring (bicyclic) bond motifs is 1. The highest BCUT2D eigenvalue weighted by molar-refractivity contribution is 6.04. The zero-order valence-electron chi connectivity index (χ0n) is 13.7. The highest BCUT2D eigenvalue weighted by Crippen LogP contribution is 2.46. The Hall–Kier alpha value is -3.69. The van der Waals surface area contributed by atoms with Gasteiger partial charge in [0.15, 0.2) is 17.3 Å². The Morgan fingerprint density at radius 3 is 2.36 bits per heavy atom. The highest BCUT2D eigenvalue weighted by atomic mass is 19.3. The second-order valence-corrected chi connectivity index (χ2v) is 5.64. The van der Waals surface area contributed by atoms with Crippen molar-refractivity contribution >= 4 is 11.7 Å². The van der Waals surface area contributed by atoms with Gasteiger partial charge in [0.2, 0.25) is 0 Å². The van der Waals surface area contributed by atoms with Crippen LogP contribution in [0.4, 0.5) is 23.4 Å². The molecule has 6 nitrogen and oxygen atoms in total. The van der Waals surface area contributed by atoms with Crippen LogP contribution >= 0.6 is 0 Å². The fourth-order valence-corrected chi connectivity index (χ4v) is 2.60. The molecule has 1 aromatic heterocycles. The monoisotopic (exact) mass is 391 g/mol. The summed E-state index contributed by atoms with van der Waals surface area (Å²) in [5, 5.41) is 2.22. The van der Waals surface area contributed by atoms with Crippen molar-refractivity contribution in [2.24, 2.45) is 0 Å². The van der Waals surface area contributed by atoms with E-state index in [2.05, 4.69) is 24.8 Å². The first-order chi connectivity index (χ1) is 13.3. The van der Waals surface area contributed by atoms with Crippen LogP contribution in [0.5, 0.6) is 11.5 Å². The van der Waals surface area contributed by atoms with Crippen molar-refractivity contribution in [2.75, 3.05) is 5.32 Å².